The Labute approximate surface area is 158 Å². The molecule has 2 aliphatic heterocycles. The van der Waals surface area contributed by atoms with Gasteiger partial charge in [-0.05, 0) is 69.1 Å². The summed E-state index contributed by atoms with van der Waals surface area (Å²) in [6.07, 6.45) is 4.34. The molecule has 0 bridgehead atoms. The monoisotopic (exact) mass is 357 g/mol. The Bertz CT molecular complexity index is 556. The number of amides is 1. The molecule has 4 nitrogen and oxygen atoms in total. The first-order valence-electron chi connectivity index (χ1n) is 10.4. The lowest BCUT2D eigenvalue weighted by molar-refractivity contribution is -0.123. The van der Waals surface area contributed by atoms with Crippen molar-refractivity contribution in [3.63, 3.8) is 0 Å². The van der Waals surface area contributed by atoms with Gasteiger partial charge in [0, 0.05) is 25.6 Å². The fourth-order valence-electron chi connectivity index (χ4n) is 4.51. The van der Waals surface area contributed by atoms with Gasteiger partial charge in [-0.2, -0.15) is 0 Å². The van der Waals surface area contributed by atoms with E-state index in [0.717, 1.165) is 32.7 Å². The van der Waals surface area contributed by atoms with Crippen LogP contribution in [-0.4, -0.2) is 43.0 Å². The lowest BCUT2D eigenvalue weighted by atomic mass is 9.85. The van der Waals surface area contributed by atoms with Crippen molar-refractivity contribution in [3.05, 3.63) is 35.9 Å². The van der Waals surface area contributed by atoms with Gasteiger partial charge in [0.2, 0.25) is 5.91 Å². The first-order valence-corrected chi connectivity index (χ1v) is 10.4. The number of nitrogens with one attached hydrogen (secondary N) is 2. The molecule has 1 aromatic carbocycles. The smallest absolute Gasteiger partial charge is 0.220 e. The quantitative estimate of drug-likeness (QED) is 0.788. The van der Waals surface area contributed by atoms with Crippen LogP contribution in [0.4, 0.5) is 0 Å². The molecular weight excluding hydrogens is 322 g/mol. The Balaban J connectivity index is 1.40. The van der Waals surface area contributed by atoms with E-state index < -0.39 is 0 Å². The highest BCUT2D eigenvalue weighted by Crippen LogP contribution is 2.24. The number of nitrogens with zero attached hydrogens (tertiary/aromatic N) is 1. The predicted octanol–water partition coefficient (Wildman–Crippen LogP) is 3.04. The SMILES string of the molecule is CC(CC(=O)NC(C)C1CCN(Cc2ccccc2)C1)C1CCCNC1. The standard InChI is InChI=1S/C22H35N3O/c1-17(20-9-6-11-23-14-20)13-22(26)24-18(2)21-10-12-25(16-21)15-19-7-4-3-5-8-19/h3-5,7-8,17-18,20-21,23H,6,9-16H2,1-2H3,(H,24,26). The van der Waals surface area contributed by atoms with Gasteiger partial charge < -0.3 is 10.6 Å². The Kier molecular flexibility index (Phi) is 7.09. The molecule has 3 rings (SSSR count). The van der Waals surface area contributed by atoms with Crippen LogP contribution in [0, 0.1) is 17.8 Å². The van der Waals surface area contributed by atoms with Crippen molar-refractivity contribution >= 4 is 5.91 Å². The van der Waals surface area contributed by atoms with Crippen LogP contribution in [0.3, 0.4) is 0 Å². The second kappa shape index (κ2) is 9.52. The third-order valence-electron chi connectivity index (χ3n) is 6.30. The zero-order valence-electron chi connectivity index (χ0n) is 16.4. The third kappa shape index (κ3) is 5.55. The number of hydrogen-bond donors (Lipinski definition) is 2. The molecule has 2 N–H and O–H groups in total. The molecule has 4 heteroatoms. The van der Waals surface area contributed by atoms with Crippen LogP contribution >= 0.6 is 0 Å². The van der Waals surface area contributed by atoms with Crippen LogP contribution in [-0.2, 0) is 11.3 Å². The minimum atomic E-state index is 0.233. The summed E-state index contributed by atoms with van der Waals surface area (Å²) >= 11 is 0. The molecule has 144 valence electrons. The Morgan fingerprint density at radius 3 is 2.77 bits per heavy atom. The molecule has 2 fully saturated rings. The molecule has 0 radical (unpaired) electrons. The van der Waals surface area contributed by atoms with E-state index in [2.05, 4.69) is 59.7 Å². The number of hydrogen-bond acceptors (Lipinski definition) is 3. The predicted molar refractivity (Wildman–Crippen MR) is 107 cm³/mol. The zero-order chi connectivity index (χ0) is 18.4. The van der Waals surface area contributed by atoms with Gasteiger partial charge in [-0.3, -0.25) is 9.69 Å². The van der Waals surface area contributed by atoms with Crippen molar-refractivity contribution in [2.45, 2.75) is 52.1 Å². The van der Waals surface area contributed by atoms with Gasteiger partial charge in [-0.15, -0.1) is 0 Å². The summed E-state index contributed by atoms with van der Waals surface area (Å²) in [5, 5.41) is 6.75. The van der Waals surface area contributed by atoms with Gasteiger partial charge >= 0.3 is 0 Å². The van der Waals surface area contributed by atoms with E-state index in [4.69, 9.17) is 0 Å². The van der Waals surface area contributed by atoms with Gasteiger partial charge in [0.05, 0.1) is 0 Å². The molecule has 0 aromatic heterocycles. The van der Waals surface area contributed by atoms with E-state index in [1.165, 1.54) is 24.8 Å². The normalized spacial score (nSPS) is 26.4. The molecule has 0 aliphatic carbocycles. The maximum absolute atomic E-state index is 12.5. The number of piperidine rings is 1. The van der Waals surface area contributed by atoms with Crippen molar-refractivity contribution in [1.29, 1.82) is 0 Å². The number of carbonyl (C=O) groups is 1. The largest absolute Gasteiger partial charge is 0.353 e. The van der Waals surface area contributed by atoms with Gasteiger partial charge in [-0.25, -0.2) is 0 Å². The molecule has 1 amide bonds. The second-order valence-corrected chi connectivity index (χ2v) is 8.41. The fraction of sp³-hybridized carbons (Fsp3) is 0.682. The zero-order valence-corrected chi connectivity index (χ0v) is 16.4. The lowest BCUT2D eigenvalue weighted by Crippen LogP contribution is -2.41. The summed E-state index contributed by atoms with van der Waals surface area (Å²) < 4.78 is 0. The maximum Gasteiger partial charge on any atom is 0.220 e. The van der Waals surface area contributed by atoms with Crippen molar-refractivity contribution < 1.29 is 4.79 Å². The molecule has 26 heavy (non-hydrogen) atoms. The van der Waals surface area contributed by atoms with Gasteiger partial charge in [0.1, 0.15) is 0 Å². The summed E-state index contributed by atoms with van der Waals surface area (Å²) in [5.41, 5.74) is 1.37. The summed E-state index contributed by atoms with van der Waals surface area (Å²) in [5.74, 6) is 1.91. The van der Waals surface area contributed by atoms with Crippen LogP contribution in [0.1, 0.15) is 45.1 Å². The van der Waals surface area contributed by atoms with Gasteiger partial charge in [-0.1, -0.05) is 37.3 Å². The summed E-state index contributed by atoms with van der Waals surface area (Å²) in [7, 11) is 0. The Hall–Kier alpha value is -1.39. The highest BCUT2D eigenvalue weighted by Gasteiger charge is 2.29. The highest BCUT2D eigenvalue weighted by atomic mass is 16.1. The molecule has 2 aliphatic rings. The summed E-state index contributed by atoms with van der Waals surface area (Å²) in [6.45, 7) is 9.85. The number of likely N-dealkylation sites (tertiary alicyclic amines) is 1. The fourth-order valence-corrected chi connectivity index (χ4v) is 4.51. The molecule has 0 spiro atoms. The number of carbonyl (C=O) groups excluding carboxylic acids is 1. The van der Waals surface area contributed by atoms with E-state index >= 15 is 0 Å². The Morgan fingerprint density at radius 1 is 1.23 bits per heavy atom. The van der Waals surface area contributed by atoms with Crippen molar-refractivity contribution in [1.82, 2.24) is 15.5 Å². The lowest BCUT2D eigenvalue weighted by Gasteiger charge is -2.29. The third-order valence-corrected chi connectivity index (χ3v) is 6.30. The average molecular weight is 358 g/mol. The first-order chi connectivity index (χ1) is 12.6. The molecule has 4 unspecified atom stereocenters. The van der Waals surface area contributed by atoms with Crippen LogP contribution in [0.15, 0.2) is 30.3 Å². The summed E-state index contributed by atoms with van der Waals surface area (Å²) in [6, 6.07) is 10.9. The van der Waals surface area contributed by atoms with Gasteiger partial charge in [0.25, 0.3) is 0 Å². The van der Waals surface area contributed by atoms with Crippen LogP contribution < -0.4 is 10.6 Å². The maximum atomic E-state index is 12.5. The van der Waals surface area contributed by atoms with E-state index in [1.807, 2.05) is 0 Å². The molecular formula is C22H35N3O. The van der Waals surface area contributed by atoms with Crippen molar-refractivity contribution in [3.8, 4) is 0 Å². The molecule has 4 atom stereocenters. The Morgan fingerprint density at radius 2 is 2.04 bits per heavy atom. The van der Waals surface area contributed by atoms with Crippen LogP contribution in [0.2, 0.25) is 0 Å². The molecule has 2 saturated heterocycles. The van der Waals surface area contributed by atoms with Gasteiger partial charge in [0.15, 0.2) is 0 Å². The average Bonchev–Trinajstić information content (AvgIpc) is 3.12. The van der Waals surface area contributed by atoms with E-state index in [-0.39, 0.29) is 11.9 Å². The molecule has 1 aromatic rings. The topological polar surface area (TPSA) is 44.4 Å². The number of rotatable bonds is 7. The number of benzene rings is 1. The van der Waals surface area contributed by atoms with Crippen LogP contribution in [0.25, 0.3) is 0 Å². The summed E-state index contributed by atoms with van der Waals surface area (Å²) in [4.78, 5) is 15.0. The van der Waals surface area contributed by atoms with Crippen molar-refractivity contribution in [2.75, 3.05) is 26.2 Å². The minimum Gasteiger partial charge on any atom is -0.353 e. The van der Waals surface area contributed by atoms with Crippen LogP contribution in [0.5, 0.6) is 0 Å². The second-order valence-electron chi connectivity index (χ2n) is 8.41. The molecule has 2 heterocycles. The minimum absolute atomic E-state index is 0.233. The van der Waals surface area contributed by atoms with Crippen molar-refractivity contribution in [2.24, 2.45) is 17.8 Å². The highest BCUT2D eigenvalue weighted by molar-refractivity contribution is 5.76. The molecule has 0 saturated carbocycles. The first kappa shape index (κ1) is 19.4. The van der Waals surface area contributed by atoms with E-state index in [9.17, 15) is 4.79 Å². The van der Waals surface area contributed by atoms with E-state index in [1.54, 1.807) is 0 Å². The van der Waals surface area contributed by atoms with E-state index in [0.29, 0.717) is 24.2 Å².